The van der Waals surface area contributed by atoms with E-state index in [1.165, 1.54) is 5.56 Å². The summed E-state index contributed by atoms with van der Waals surface area (Å²) in [6, 6.07) is 4.11. The second-order valence-corrected chi connectivity index (χ2v) is 8.38. The molecule has 0 fully saturated rings. The zero-order chi connectivity index (χ0) is 19.3. The summed E-state index contributed by atoms with van der Waals surface area (Å²) in [7, 11) is 3.28. The number of rotatable bonds is 2. The normalized spacial score (nSPS) is 25.0. The lowest BCUT2D eigenvalue weighted by Crippen LogP contribution is -2.45. The number of hydrogen-bond acceptors (Lipinski definition) is 6. The molecule has 6 nitrogen and oxygen atoms in total. The van der Waals surface area contributed by atoms with Gasteiger partial charge in [0.1, 0.15) is 0 Å². The third-order valence-corrected chi connectivity index (χ3v) is 6.00. The zero-order valence-electron chi connectivity index (χ0n) is 16.3. The molecule has 1 atom stereocenters. The second-order valence-electron chi connectivity index (χ2n) is 8.38. The Bertz CT molecular complexity index is 869. The van der Waals surface area contributed by atoms with Crippen molar-refractivity contribution in [3.05, 3.63) is 34.5 Å². The molecule has 0 spiro atoms. The first-order chi connectivity index (χ1) is 12.9. The first-order valence-electron chi connectivity index (χ1n) is 9.37. The van der Waals surface area contributed by atoms with Crippen LogP contribution in [0.2, 0.25) is 0 Å². The fourth-order valence-electron chi connectivity index (χ4n) is 4.81. The Morgan fingerprint density at radius 2 is 1.89 bits per heavy atom. The summed E-state index contributed by atoms with van der Waals surface area (Å²) >= 11 is 0. The van der Waals surface area contributed by atoms with E-state index in [1.54, 1.807) is 14.2 Å². The summed E-state index contributed by atoms with van der Waals surface area (Å²) in [4.78, 5) is 15.1. The molecule has 0 aromatic heterocycles. The van der Waals surface area contributed by atoms with Crippen LogP contribution in [0.15, 0.2) is 28.6 Å². The summed E-state index contributed by atoms with van der Waals surface area (Å²) in [5.41, 5.74) is 4.46. The van der Waals surface area contributed by atoms with Gasteiger partial charge >= 0.3 is 0 Å². The van der Waals surface area contributed by atoms with Gasteiger partial charge < -0.3 is 19.6 Å². The van der Waals surface area contributed by atoms with E-state index in [2.05, 4.69) is 23.9 Å². The molecule has 27 heavy (non-hydrogen) atoms. The number of hydrogen-bond donors (Lipinski definition) is 1. The van der Waals surface area contributed by atoms with Gasteiger partial charge in [-0.3, -0.25) is 4.79 Å². The molecule has 0 radical (unpaired) electrons. The number of benzene rings is 1. The van der Waals surface area contributed by atoms with Crippen molar-refractivity contribution in [1.29, 1.82) is 0 Å². The second kappa shape index (κ2) is 6.29. The lowest BCUT2D eigenvalue weighted by Gasteiger charge is -2.48. The van der Waals surface area contributed by atoms with Gasteiger partial charge in [0.2, 0.25) is 0 Å². The maximum Gasteiger partial charge on any atom is 0.167 e. The number of Topliss-reactive ketones (excluding diaryl/α,β-unsaturated/α-hetero) is 1. The molecule has 3 aliphatic rings. The summed E-state index contributed by atoms with van der Waals surface area (Å²) in [6.07, 6.45) is 2.70. The van der Waals surface area contributed by atoms with Crippen molar-refractivity contribution in [1.82, 2.24) is 4.90 Å². The lowest BCUT2D eigenvalue weighted by molar-refractivity contribution is -0.118. The van der Waals surface area contributed by atoms with Crippen LogP contribution in [0.5, 0.6) is 11.5 Å². The van der Waals surface area contributed by atoms with Gasteiger partial charge in [-0.1, -0.05) is 19.0 Å². The molecular formula is C21H26N2O4. The first-order valence-corrected chi connectivity index (χ1v) is 9.37. The van der Waals surface area contributed by atoms with E-state index in [-0.39, 0.29) is 17.2 Å². The van der Waals surface area contributed by atoms with E-state index in [1.807, 2.05) is 12.1 Å². The highest BCUT2D eigenvalue weighted by atomic mass is 16.5. The number of oxime groups is 1. The fourth-order valence-corrected chi connectivity index (χ4v) is 4.81. The van der Waals surface area contributed by atoms with Crippen molar-refractivity contribution < 1.29 is 19.5 Å². The van der Waals surface area contributed by atoms with Crippen LogP contribution < -0.4 is 9.47 Å². The van der Waals surface area contributed by atoms with Crippen LogP contribution >= 0.6 is 0 Å². The van der Waals surface area contributed by atoms with Crippen LogP contribution in [-0.4, -0.2) is 42.4 Å². The fraction of sp³-hybridized carbons (Fsp3) is 0.524. The van der Waals surface area contributed by atoms with Gasteiger partial charge in [0, 0.05) is 25.1 Å². The van der Waals surface area contributed by atoms with Crippen molar-refractivity contribution in [2.24, 2.45) is 10.6 Å². The Balaban J connectivity index is 1.84. The van der Waals surface area contributed by atoms with E-state index in [4.69, 9.17) is 9.47 Å². The van der Waals surface area contributed by atoms with E-state index >= 15 is 0 Å². The highest BCUT2D eigenvalue weighted by Gasteiger charge is 2.44. The minimum Gasteiger partial charge on any atom is -0.493 e. The number of allylic oxidation sites excluding steroid dienone is 2. The van der Waals surface area contributed by atoms with E-state index in [0.29, 0.717) is 29.9 Å². The number of carbonyl (C=O) groups excluding carboxylic acids is 1. The van der Waals surface area contributed by atoms with Gasteiger partial charge in [0.05, 0.1) is 31.5 Å². The number of ether oxygens (including phenoxy) is 2. The molecule has 144 valence electrons. The minimum absolute atomic E-state index is 0.0416. The molecule has 1 aromatic carbocycles. The van der Waals surface area contributed by atoms with Crippen LogP contribution in [0, 0.1) is 5.41 Å². The quantitative estimate of drug-likeness (QED) is 0.637. The van der Waals surface area contributed by atoms with Gasteiger partial charge in [0.15, 0.2) is 17.3 Å². The van der Waals surface area contributed by atoms with Gasteiger partial charge in [-0.25, -0.2) is 0 Å². The lowest BCUT2D eigenvalue weighted by atomic mass is 9.71. The summed E-state index contributed by atoms with van der Waals surface area (Å²) < 4.78 is 11.0. The maximum absolute atomic E-state index is 12.8. The largest absolute Gasteiger partial charge is 0.493 e. The molecule has 0 unspecified atom stereocenters. The Hall–Kier alpha value is -2.50. The molecule has 1 N–H and O–H groups in total. The Labute approximate surface area is 159 Å². The summed E-state index contributed by atoms with van der Waals surface area (Å²) in [5.74, 6) is 1.51. The van der Waals surface area contributed by atoms with E-state index < -0.39 is 0 Å². The van der Waals surface area contributed by atoms with Crippen LogP contribution in [0.25, 0.3) is 0 Å². The predicted octanol–water partition coefficient (Wildman–Crippen LogP) is 3.48. The highest BCUT2D eigenvalue weighted by Crippen LogP contribution is 2.49. The van der Waals surface area contributed by atoms with Crippen molar-refractivity contribution in [2.45, 2.75) is 45.6 Å². The number of carbonyl (C=O) groups is 1. The van der Waals surface area contributed by atoms with Crippen molar-refractivity contribution in [2.75, 3.05) is 20.8 Å². The average Bonchev–Trinajstić information content (AvgIpc) is 2.64. The Morgan fingerprint density at radius 1 is 1.19 bits per heavy atom. The maximum atomic E-state index is 12.8. The van der Waals surface area contributed by atoms with E-state index in [0.717, 1.165) is 36.4 Å². The molecule has 0 saturated carbocycles. The molecule has 2 heterocycles. The summed E-state index contributed by atoms with van der Waals surface area (Å²) in [5, 5.41) is 13.2. The van der Waals surface area contributed by atoms with Gasteiger partial charge in [-0.2, -0.15) is 0 Å². The van der Waals surface area contributed by atoms with Gasteiger partial charge in [-0.05, 0) is 41.5 Å². The van der Waals surface area contributed by atoms with Crippen molar-refractivity contribution in [3.8, 4) is 11.5 Å². The first kappa shape index (κ1) is 17.9. The third kappa shape index (κ3) is 2.78. The monoisotopic (exact) mass is 370 g/mol. The number of ketones is 1. The Kier molecular flexibility index (Phi) is 4.17. The molecular weight excluding hydrogens is 344 g/mol. The molecule has 2 aliphatic heterocycles. The predicted molar refractivity (Wildman–Crippen MR) is 102 cm³/mol. The van der Waals surface area contributed by atoms with Crippen LogP contribution in [0.1, 0.15) is 50.3 Å². The van der Waals surface area contributed by atoms with Gasteiger partial charge in [-0.15, -0.1) is 0 Å². The number of methoxy groups -OCH3 is 2. The van der Waals surface area contributed by atoms with Gasteiger partial charge in [0.25, 0.3) is 0 Å². The molecule has 6 heteroatoms. The zero-order valence-corrected chi connectivity index (χ0v) is 16.3. The van der Waals surface area contributed by atoms with Crippen molar-refractivity contribution in [3.63, 3.8) is 0 Å². The number of fused-ring (bicyclic) bond motifs is 4. The minimum atomic E-state index is -0.0871. The van der Waals surface area contributed by atoms with Crippen LogP contribution in [0.4, 0.5) is 0 Å². The highest BCUT2D eigenvalue weighted by molar-refractivity contribution is 6.24. The third-order valence-electron chi connectivity index (χ3n) is 6.00. The molecule has 4 rings (SSSR count). The van der Waals surface area contributed by atoms with Crippen LogP contribution in [-0.2, 0) is 11.2 Å². The van der Waals surface area contributed by atoms with Crippen LogP contribution in [0.3, 0.4) is 0 Å². The molecule has 0 amide bonds. The summed E-state index contributed by atoms with van der Waals surface area (Å²) in [6.45, 7) is 5.09. The average molecular weight is 370 g/mol. The molecule has 1 aromatic rings. The molecule has 1 aliphatic carbocycles. The smallest absolute Gasteiger partial charge is 0.167 e. The molecule has 0 bridgehead atoms. The number of nitrogens with zero attached hydrogens (tertiary/aromatic N) is 2. The van der Waals surface area contributed by atoms with Crippen molar-refractivity contribution >= 4 is 11.5 Å². The van der Waals surface area contributed by atoms with E-state index in [9.17, 15) is 10.0 Å². The Morgan fingerprint density at radius 3 is 2.56 bits per heavy atom. The topological polar surface area (TPSA) is 71.4 Å². The standard InChI is InChI=1S/C21H26N2O4/c1-21(2)10-16-20(17(24)11-21)14(22-25)9-15-13-8-19(27-4)18(26-3)7-12(13)5-6-23(15)16/h7-8,15,25H,5-6,9-11H2,1-4H3/b22-14-/t15-/m0/s1. The molecule has 0 saturated heterocycles. The SMILES string of the molecule is COc1cc2c(cc1OC)[C@@H]1C/C(=N/O)C3=C(CC(C)(C)CC3=O)N1CC2.